The van der Waals surface area contributed by atoms with Crippen LogP contribution >= 0.6 is 0 Å². The molecule has 0 fully saturated rings. The number of aromatic nitrogens is 1. The molecule has 0 aliphatic carbocycles. The highest BCUT2D eigenvalue weighted by atomic mass is 16.1. The zero-order valence-corrected chi connectivity index (χ0v) is 12.1. The molecule has 0 atom stereocenters. The van der Waals surface area contributed by atoms with Gasteiger partial charge >= 0.3 is 0 Å². The minimum absolute atomic E-state index is 0.0126. The molecule has 104 valence electrons. The highest BCUT2D eigenvalue weighted by molar-refractivity contribution is 6.06. The minimum atomic E-state index is 0.0126. The van der Waals surface area contributed by atoms with E-state index in [1.54, 1.807) is 0 Å². The van der Waals surface area contributed by atoms with Crippen molar-refractivity contribution in [3.8, 4) is 0 Å². The number of amides is 1. The lowest BCUT2D eigenvalue weighted by molar-refractivity contribution is 0.0955. The molecule has 0 saturated carbocycles. The highest BCUT2D eigenvalue weighted by Gasteiger charge is 2.08. The molecule has 3 heteroatoms. The zero-order chi connectivity index (χ0) is 14.1. The van der Waals surface area contributed by atoms with Crippen molar-refractivity contribution in [3.63, 3.8) is 0 Å². The Morgan fingerprint density at radius 3 is 2.63 bits per heavy atom. The number of hydrogen-bond donors (Lipinski definition) is 2. The van der Waals surface area contributed by atoms with Gasteiger partial charge in [-0.1, -0.05) is 39.7 Å². The van der Waals surface area contributed by atoms with Crippen LogP contribution in [-0.4, -0.2) is 17.4 Å². The Hall–Kier alpha value is -1.77. The summed E-state index contributed by atoms with van der Waals surface area (Å²) in [4.78, 5) is 15.0. The van der Waals surface area contributed by atoms with Gasteiger partial charge in [0.2, 0.25) is 0 Å². The van der Waals surface area contributed by atoms with E-state index in [1.165, 1.54) is 6.42 Å². The normalized spacial score (nSPS) is 9.84. The Morgan fingerprint density at radius 1 is 1.21 bits per heavy atom. The van der Waals surface area contributed by atoms with Crippen LogP contribution in [0.4, 0.5) is 0 Å². The van der Waals surface area contributed by atoms with E-state index in [0.717, 1.165) is 35.9 Å². The molecule has 3 nitrogen and oxygen atoms in total. The number of unbranched alkanes of at least 4 members (excludes halogenated alkanes) is 1. The maximum absolute atomic E-state index is 11.9. The first-order valence-corrected chi connectivity index (χ1v) is 7.08. The number of aromatic amines is 1. The van der Waals surface area contributed by atoms with Crippen LogP contribution in [0.5, 0.6) is 0 Å². The summed E-state index contributed by atoms with van der Waals surface area (Å²) in [5.74, 6) is 0.0126. The lowest BCUT2D eigenvalue weighted by Gasteiger charge is -2.05. The largest absolute Gasteiger partial charge is 0.361 e. The smallest absolute Gasteiger partial charge is 0.251 e. The topological polar surface area (TPSA) is 44.9 Å². The van der Waals surface area contributed by atoms with Gasteiger partial charge in [-0.3, -0.25) is 4.79 Å². The van der Waals surface area contributed by atoms with Gasteiger partial charge in [0.05, 0.1) is 0 Å². The summed E-state index contributed by atoms with van der Waals surface area (Å²) in [6.07, 6.45) is 5.22. The van der Waals surface area contributed by atoms with E-state index >= 15 is 0 Å². The SMILES string of the molecule is CCC.CCCCNC(=O)c1cccc2[nH]ccc12. The molecular formula is C16H24N2O. The van der Waals surface area contributed by atoms with E-state index in [-0.39, 0.29) is 5.91 Å². The number of nitrogens with one attached hydrogen (secondary N) is 2. The molecule has 2 rings (SSSR count). The number of rotatable bonds is 4. The highest BCUT2D eigenvalue weighted by Crippen LogP contribution is 2.16. The zero-order valence-electron chi connectivity index (χ0n) is 12.1. The van der Waals surface area contributed by atoms with Crippen molar-refractivity contribution in [3.05, 3.63) is 36.0 Å². The maximum Gasteiger partial charge on any atom is 0.251 e. The molecule has 1 aromatic carbocycles. The predicted octanol–water partition coefficient (Wildman–Crippen LogP) is 4.11. The third-order valence-corrected chi connectivity index (χ3v) is 2.66. The summed E-state index contributed by atoms with van der Waals surface area (Å²) in [6, 6.07) is 7.66. The van der Waals surface area contributed by atoms with Gasteiger partial charge in [0.25, 0.3) is 5.91 Å². The van der Waals surface area contributed by atoms with Gasteiger partial charge in [-0.25, -0.2) is 0 Å². The van der Waals surface area contributed by atoms with Crippen molar-refractivity contribution >= 4 is 16.8 Å². The van der Waals surface area contributed by atoms with Crippen LogP contribution in [-0.2, 0) is 0 Å². The van der Waals surface area contributed by atoms with Crippen molar-refractivity contribution in [1.29, 1.82) is 0 Å². The third-order valence-electron chi connectivity index (χ3n) is 2.66. The number of carbonyl (C=O) groups is 1. The van der Waals surface area contributed by atoms with Crippen molar-refractivity contribution in [1.82, 2.24) is 10.3 Å². The third kappa shape index (κ3) is 4.43. The summed E-state index contributed by atoms with van der Waals surface area (Å²) in [5, 5.41) is 3.91. The standard InChI is InChI=1S/C13H16N2O.C3H8/c1-2-3-8-15-13(16)11-5-4-6-12-10(11)7-9-14-12;1-3-2/h4-7,9,14H,2-3,8H2,1H3,(H,15,16);3H2,1-2H3. The average Bonchev–Trinajstić information content (AvgIpc) is 2.87. The first-order chi connectivity index (χ1) is 9.24. The predicted molar refractivity (Wildman–Crippen MR) is 81.5 cm³/mol. The Bertz CT molecular complexity index is 502. The first kappa shape index (κ1) is 15.3. The maximum atomic E-state index is 11.9. The van der Waals surface area contributed by atoms with Gasteiger partial charge in [0, 0.05) is 29.2 Å². The summed E-state index contributed by atoms with van der Waals surface area (Å²) in [7, 11) is 0. The number of hydrogen-bond acceptors (Lipinski definition) is 1. The molecule has 2 aromatic rings. The second-order valence-corrected chi connectivity index (χ2v) is 4.56. The first-order valence-electron chi connectivity index (χ1n) is 7.08. The quantitative estimate of drug-likeness (QED) is 0.798. The monoisotopic (exact) mass is 260 g/mol. The molecule has 0 unspecified atom stereocenters. The Labute approximate surface area is 115 Å². The number of fused-ring (bicyclic) bond motifs is 1. The lowest BCUT2D eigenvalue weighted by Crippen LogP contribution is -2.24. The molecule has 1 aromatic heterocycles. The second kappa shape index (κ2) is 8.35. The van der Waals surface area contributed by atoms with Crippen LogP contribution in [0.2, 0.25) is 0 Å². The van der Waals surface area contributed by atoms with E-state index in [4.69, 9.17) is 0 Å². The van der Waals surface area contributed by atoms with Crippen molar-refractivity contribution in [2.75, 3.05) is 6.54 Å². The summed E-state index contributed by atoms with van der Waals surface area (Å²) >= 11 is 0. The van der Waals surface area contributed by atoms with Crippen LogP contribution in [0.1, 0.15) is 50.4 Å². The summed E-state index contributed by atoms with van der Waals surface area (Å²) in [6.45, 7) is 7.11. The van der Waals surface area contributed by atoms with E-state index < -0.39 is 0 Å². The summed E-state index contributed by atoms with van der Waals surface area (Å²) < 4.78 is 0. The fourth-order valence-corrected chi connectivity index (χ4v) is 1.76. The second-order valence-electron chi connectivity index (χ2n) is 4.56. The Kier molecular flexibility index (Phi) is 6.72. The van der Waals surface area contributed by atoms with Gasteiger partial charge in [-0.05, 0) is 24.6 Å². The van der Waals surface area contributed by atoms with Crippen molar-refractivity contribution < 1.29 is 4.79 Å². The van der Waals surface area contributed by atoms with Gasteiger partial charge < -0.3 is 10.3 Å². The molecule has 0 aliphatic heterocycles. The van der Waals surface area contributed by atoms with Gasteiger partial charge in [0.15, 0.2) is 0 Å². The van der Waals surface area contributed by atoms with E-state index in [1.807, 2.05) is 30.5 Å². The Morgan fingerprint density at radius 2 is 1.95 bits per heavy atom. The van der Waals surface area contributed by atoms with Crippen LogP contribution in [0.15, 0.2) is 30.5 Å². The molecule has 2 N–H and O–H groups in total. The Balaban J connectivity index is 0.000000550. The molecular weight excluding hydrogens is 236 g/mol. The van der Waals surface area contributed by atoms with E-state index in [0.29, 0.717) is 0 Å². The van der Waals surface area contributed by atoms with Gasteiger partial charge in [-0.15, -0.1) is 0 Å². The number of benzene rings is 1. The van der Waals surface area contributed by atoms with Gasteiger partial charge in [0.1, 0.15) is 0 Å². The van der Waals surface area contributed by atoms with Crippen LogP contribution < -0.4 is 5.32 Å². The summed E-state index contributed by atoms with van der Waals surface area (Å²) in [5.41, 5.74) is 1.75. The lowest BCUT2D eigenvalue weighted by atomic mass is 10.1. The molecule has 0 bridgehead atoms. The van der Waals surface area contributed by atoms with Gasteiger partial charge in [-0.2, -0.15) is 0 Å². The minimum Gasteiger partial charge on any atom is -0.361 e. The van der Waals surface area contributed by atoms with Crippen LogP contribution in [0, 0.1) is 0 Å². The fourth-order valence-electron chi connectivity index (χ4n) is 1.76. The molecule has 0 spiro atoms. The van der Waals surface area contributed by atoms with E-state index in [9.17, 15) is 4.79 Å². The average molecular weight is 260 g/mol. The molecule has 0 radical (unpaired) electrons. The number of H-pyrrole nitrogens is 1. The van der Waals surface area contributed by atoms with E-state index in [2.05, 4.69) is 31.1 Å². The molecule has 0 aliphatic rings. The van der Waals surface area contributed by atoms with Crippen molar-refractivity contribution in [2.45, 2.75) is 40.0 Å². The molecule has 19 heavy (non-hydrogen) atoms. The molecule has 1 amide bonds. The van der Waals surface area contributed by atoms with Crippen LogP contribution in [0.3, 0.4) is 0 Å². The molecule has 1 heterocycles. The fraction of sp³-hybridized carbons (Fsp3) is 0.438. The van der Waals surface area contributed by atoms with Crippen LogP contribution in [0.25, 0.3) is 10.9 Å². The van der Waals surface area contributed by atoms with Crippen molar-refractivity contribution in [2.24, 2.45) is 0 Å². The number of carbonyl (C=O) groups excluding carboxylic acids is 1. The molecule has 0 saturated heterocycles.